The maximum atomic E-state index is 13.2. The number of para-hydroxylation sites is 1. The van der Waals surface area contributed by atoms with Crippen molar-refractivity contribution in [1.82, 2.24) is 5.32 Å². The zero-order valence-corrected chi connectivity index (χ0v) is 22.7. The number of nitro benzene ring substituents is 1. The van der Waals surface area contributed by atoms with Crippen LogP contribution in [0.5, 0.6) is 0 Å². The largest absolute Gasteiger partial charge is 0.321 e. The van der Waals surface area contributed by atoms with Crippen LogP contribution in [0.2, 0.25) is 10.0 Å². The van der Waals surface area contributed by atoms with Crippen LogP contribution in [-0.4, -0.2) is 22.5 Å². The zero-order chi connectivity index (χ0) is 29.4. The summed E-state index contributed by atoms with van der Waals surface area (Å²) < 4.78 is 0. The van der Waals surface area contributed by atoms with Crippen molar-refractivity contribution in [3.8, 4) is 0 Å². The molecule has 204 valence electrons. The molecule has 0 atom stereocenters. The fraction of sp³-hybridized carbons (Fsp3) is 0. The summed E-state index contributed by atoms with van der Waals surface area (Å²) in [7, 11) is 0. The summed E-state index contributed by atoms with van der Waals surface area (Å²) in [4.78, 5) is 49.6. The number of allylic oxidation sites excluding steroid dienone is 1. The summed E-state index contributed by atoms with van der Waals surface area (Å²) in [5.41, 5.74) is 1.25. The van der Waals surface area contributed by atoms with Gasteiger partial charge in [0.05, 0.1) is 20.5 Å². The molecule has 0 bridgehead atoms. The summed E-state index contributed by atoms with van der Waals surface area (Å²) in [5.74, 6) is -1.59. The minimum absolute atomic E-state index is 0.128. The molecule has 0 radical (unpaired) electrons. The summed E-state index contributed by atoms with van der Waals surface area (Å²) in [6.07, 6.45) is 4.15. The van der Waals surface area contributed by atoms with Gasteiger partial charge in [-0.1, -0.05) is 65.7 Å². The van der Waals surface area contributed by atoms with E-state index >= 15 is 0 Å². The highest BCUT2D eigenvalue weighted by Crippen LogP contribution is 2.26. The second-order valence-electron chi connectivity index (χ2n) is 8.57. The Morgan fingerprint density at radius 1 is 0.756 bits per heavy atom. The van der Waals surface area contributed by atoms with Crippen LogP contribution in [0, 0.1) is 10.1 Å². The number of anilines is 1. The van der Waals surface area contributed by atoms with Gasteiger partial charge >= 0.3 is 0 Å². The summed E-state index contributed by atoms with van der Waals surface area (Å²) in [5, 5.41) is 17.4. The van der Waals surface area contributed by atoms with E-state index in [9.17, 15) is 24.5 Å². The first-order chi connectivity index (χ1) is 19.7. The number of amides is 2. The molecule has 8 nitrogen and oxygen atoms in total. The van der Waals surface area contributed by atoms with Gasteiger partial charge in [-0.2, -0.15) is 0 Å². The van der Waals surface area contributed by atoms with Crippen molar-refractivity contribution in [2.24, 2.45) is 0 Å². The molecular weight excluding hydrogens is 565 g/mol. The second kappa shape index (κ2) is 13.3. The Kier molecular flexibility index (Phi) is 9.42. The van der Waals surface area contributed by atoms with Gasteiger partial charge in [-0.3, -0.25) is 24.5 Å². The zero-order valence-electron chi connectivity index (χ0n) is 21.2. The monoisotopic (exact) mass is 585 g/mol. The number of nitrogens with one attached hydrogen (secondary N) is 2. The molecule has 0 aliphatic rings. The van der Waals surface area contributed by atoms with Gasteiger partial charge in [0.1, 0.15) is 5.70 Å². The first-order valence-corrected chi connectivity index (χ1v) is 12.9. The molecule has 0 fully saturated rings. The number of nitro groups is 1. The van der Waals surface area contributed by atoms with Crippen LogP contribution in [0.1, 0.15) is 31.8 Å². The highest BCUT2D eigenvalue weighted by molar-refractivity contribution is 6.43. The molecule has 4 aromatic rings. The van der Waals surface area contributed by atoms with Gasteiger partial charge in [0.15, 0.2) is 5.78 Å². The highest BCUT2D eigenvalue weighted by atomic mass is 35.5. The topological polar surface area (TPSA) is 118 Å². The van der Waals surface area contributed by atoms with E-state index in [1.165, 1.54) is 54.6 Å². The van der Waals surface area contributed by atoms with Gasteiger partial charge in [0, 0.05) is 22.9 Å². The van der Waals surface area contributed by atoms with Gasteiger partial charge in [-0.05, 0) is 72.3 Å². The summed E-state index contributed by atoms with van der Waals surface area (Å²) in [6, 6.07) is 25.2. The lowest BCUT2D eigenvalue weighted by atomic mass is 10.1. The average molecular weight is 586 g/mol. The van der Waals surface area contributed by atoms with Crippen LogP contribution >= 0.6 is 23.2 Å². The molecule has 4 aromatic carbocycles. The van der Waals surface area contributed by atoms with Crippen LogP contribution in [0.25, 0.3) is 12.2 Å². The first kappa shape index (κ1) is 28.9. The number of rotatable bonds is 9. The highest BCUT2D eigenvalue weighted by Gasteiger charge is 2.18. The van der Waals surface area contributed by atoms with Gasteiger partial charge < -0.3 is 10.6 Å². The van der Waals surface area contributed by atoms with E-state index in [2.05, 4.69) is 10.6 Å². The maximum absolute atomic E-state index is 13.2. The van der Waals surface area contributed by atoms with Gasteiger partial charge in [-0.15, -0.1) is 0 Å². The molecule has 0 saturated carbocycles. The Balaban J connectivity index is 1.54. The van der Waals surface area contributed by atoms with E-state index in [4.69, 9.17) is 23.2 Å². The van der Waals surface area contributed by atoms with E-state index < -0.39 is 16.7 Å². The molecule has 2 amide bonds. The third-order valence-corrected chi connectivity index (χ3v) is 6.62. The summed E-state index contributed by atoms with van der Waals surface area (Å²) in [6.45, 7) is 0. The smallest absolute Gasteiger partial charge is 0.276 e. The van der Waals surface area contributed by atoms with E-state index in [0.717, 1.165) is 0 Å². The number of carbonyl (C=O) groups excluding carboxylic acids is 3. The lowest BCUT2D eigenvalue weighted by Gasteiger charge is -2.12. The van der Waals surface area contributed by atoms with Crippen molar-refractivity contribution in [2.75, 3.05) is 5.32 Å². The minimum Gasteiger partial charge on any atom is -0.321 e. The van der Waals surface area contributed by atoms with Gasteiger partial charge in [0.2, 0.25) is 0 Å². The Morgan fingerprint density at radius 3 is 2.12 bits per heavy atom. The molecule has 0 aliphatic carbocycles. The average Bonchev–Trinajstić information content (AvgIpc) is 2.98. The molecule has 2 N–H and O–H groups in total. The van der Waals surface area contributed by atoms with Crippen LogP contribution in [-0.2, 0) is 4.79 Å². The third kappa shape index (κ3) is 7.54. The van der Waals surface area contributed by atoms with Crippen molar-refractivity contribution in [3.05, 3.63) is 151 Å². The van der Waals surface area contributed by atoms with Gasteiger partial charge in [-0.25, -0.2) is 0 Å². The molecule has 0 aliphatic heterocycles. The molecule has 0 saturated heterocycles. The molecule has 0 spiro atoms. The fourth-order valence-electron chi connectivity index (χ4n) is 3.70. The standard InChI is InChI=1S/C31H21Cl2N3O5/c32-25-11-6-10-21(29(25)33)15-18-28(37)20-13-16-24(17-14-20)34-31(39)26(35-30(38)22-7-2-1-3-8-22)19-23-9-4-5-12-27(23)36(40)41/h1-19H,(H,34,39)(H,35,38)/b18-15+,26-19-. The Bertz CT molecular complexity index is 1680. The molecule has 10 heteroatoms. The fourth-order valence-corrected chi connectivity index (χ4v) is 4.07. The first-order valence-electron chi connectivity index (χ1n) is 12.1. The van der Waals surface area contributed by atoms with Crippen LogP contribution in [0.4, 0.5) is 11.4 Å². The van der Waals surface area contributed by atoms with Gasteiger partial charge in [0.25, 0.3) is 17.5 Å². The molecule has 0 heterocycles. The number of benzene rings is 4. The Labute approximate surface area is 245 Å². The third-order valence-electron chi connectivity index (χ3n) is 5.79. The minimum atomic E-state index is -0.720. The number of halogens is 2. The predicted octanol–water partition coefficient (Wildman–Crippen LogP) is 7.21. The number of ketones is 1. The van der Waals surface area contributed by atoms with E-state index in [-0.39, 0.29) is 22.7 Å². The second-order valence-corrected chi connectivity index (χ2v) is 9.35. The van der Waals surface area contributed by atoms with Crippen LogP contribution < -0.4 is 10.6 Å². The number of nitrogens with zero attached hydrogens (tertiary/aromatic N) is 1. The SMILES string of the molecule is O=C(Nc1ccc(C(=O)/C=C/c2cccc(Cl)c2Cl)cc1)/C(=C/c1ccccc1[N+](=O)[O-])NC(=O)c1ccccc1. The van der Waals surface area contributed by atoms with E-state index in [1.807, 2.05) is 0 Å². The maximum Gasteiger partial charge on any atom is 0.276 e. The molecule has 4 rings (SSSR count). The quantitative estimate of drug-likeness (QED) is 0.0930. The van der Waals surface area contributed by atoms with Crippen LogP contribution in [0.3, 0.4) is 0 Å². The molecule has 0 aromatic heterocycles. The Morgan fingerprint density at radius 2 is 1.41 bits per heavy atom. The Hall–Kier alpha value is -5.05. The lowest BCUT2D eigenvalue weighted by molar-refractivity contribution is -0.385. The van der Waals surface area contributed by atoms with Crippen LogP contribution in [0.15, 0.2) is 109 Å². The number of carbonyl (C=O) groups is 3. The number of hydrogen-bond donors (Lipinski definition) is 2. The lowest BCUT2D eigenvalue weighted by Crippen LogP contribution is -2.30. The predicted molar refractivity (Wildman–Crippen MR) is 160 cm³/mol. The van der Waals surface area contributed by atoms with Crippen molar-refractivity contribution in [3.63, 3.8) is 0 Å². The summed E-state index contributed by atoms with van der Waals surface area (Å²) >= 11 is 12.2. The number of hydrogen-bond acceptors (Lipinski definition) is 5. The van der Waals surface area contributed by atoms with Crippen molar-refractivity contribution in [2.45, 2.75) is 0 Å². The molecule has 41 heavy (non-hydrogen) atoms. The van der Waals surface area contributed by atoms with Crippen molar-refractivity contribution < 1.29 is 19.3 Å². The molecular formula is C31H21Cl2N3O5. The van der Waals surface area contributed by atoms with E-state index in [0.29, 0.717) is 32.4 Å². The van der Waals surface area contributed by atoms with E-state index in [1.54, 1.807) is 60.7 Å². The normalized spacial score (nSPS) is 11.2. The molecule has 0 unspecified atom stereocenters. The van der Waals surface area contributed by atoms with Crippen molar-refractivity contribution in [1.29, 1.82) is 0 Å². The van der Waals surface area contributed by atoms with Crippen molar-refractivity contribution >= 4 is 64.3 Å².